The predicted octanol–water partition coefficient (Wildman–Crippen LogP) is 2.13. The minimum atomic E-state index is -0.668. The molecule has 0 aromatic carbocycles. The highest BCUT2D eigenvalue weighted by molar-refractivity contribution is 6.00. The molecule has 12 heteroatoms. The summed E-state index contributed by atoms with van der Waals surface area (Å²) in [5.41, 5.74) is 7.68. The first-order valence-electron chi connectivity index (χ1n) is 11.5. The molecular weight excluding hydrogens is 466 g/mol. The first-order chi connectivity index (χ1) is 17.5. The van der Waals surface area contributed by atoms with Crippen LogP contribution in [0.3, 0.4) is 0 Å². The van der Waals surface area contributed by atoms with Crippen molar-refractivity contribution >= 4 is 29.1 Å². The van der Waals surface area contributed by atoms with Crippen molar-refractivity contribution in [3.8, 4) is 16.9 Å². The van der Waals surface area contributed by atoms with Gasteiger partial charge in [-0.15, -0.1) is 0 Å². The zero-order valence-corrected chi connectivity index (χ0v) is 19.9. The van der Waals surface area contributed by atoms with Crippen LogP contribution in [0, 0.1) is 5.92 Å². The maximum atomic E-state index is 12.1. The number of ether oxygens (including phenoxy) is 3. The summed E-state index contributed by atoms with van der Waals surface area (Å²) in [5, 5.41) is 10.3. The van der Waals surface area contributed by atoms with Gasteiger partial charge in [-0.3, -0.25) is 14.3 Å². The van der Waals surface area contributed by atoms with Crippen LogP contribution in [0.4, 0.5) is 17.3 Å². The van der Waals surface area contributed by atoms with Gasteiger partial charge >= 0.3 is 0 Å². The summed E-state index contributed by atoms with van der Waals surface area (Å²) >= 11 is 0. The van der Waals surface area contributed by atoms with E-state index in [9.17, 15) is 9.59 Å². The van der Waals surface area contributed by atoms with Gasteiger partial charge in [0.1, 0.15) is 18.0 Å². The molecule has 3 aromatic heterocycles. The topological polar surface area (TPSA) is 156 Å². The van der Waals surface area contributed by atoms with E-state index in [1.165, 1.54) is 13.3 Å². The largest absolute Gasteiger partial charge is 0.493 e. The van der Waals surface area contributed by atoms with Gasteiger partial charge in [-0.05, 0) is 18.9 Å². The quantitative estimate of drug-likeness (QED) is 0.406. The summed E-state index contributed by atoms with van der Waals surface area (Å²) in [4.78, 5) is 32.8. The van der Waals surface area contributed by atoms with Crippen LogP contribution in [0.1, 0.15) is 29.2 Å². The van der Waals surface area contributed by atoms with Gasteiger partial charge in [-0.2, -0.15) is 5.10 Å². The highest BCUT2D eigenvalue weighted by Crippen LogP contribution is 2.34. The fourth-order valence-corrected chi connectivity index (χ4v) is 4.04. The number of aromatic nitrogens is 4. The molecular formula is C24H27N7O5. The Kier molecular flexibility index (Phi) is 6.53. The average Bonchev–Trinajstić information content (AvgIpc) is 3.42. The molecule has 0 bridgehead atoms. The molecule has 3 aromatic rings. The number of carbonyl (C=O) groups is 2. The Labute approximate surface area is 207 Å². The number of methoxy groups -OCH3 is 2. The highest BCUT2D eigenvalue weighted by atomic mass is 16.5. The van der Waals surface area contributed by atoms with Crippen molar-refractivity contribution in [1.82, 2.24) is 19.7 Å². The van der Waals surface area contributed by atoms with Gasteiger partial charge in [0.25, 0.3) is 5.91 Å². The van der Waals surface area contributed by atoms with Crippen LogP contribution in [0.15, 0.2) is 36.9 Å². The molecule has 4 heterocycles. The SMILES string of the molecule is COc1cc(-c2cnn([C@@H]3COC[C@H]3OC)c2)cnc1Nc1cc(NC(=O)C2CC2)ncc1C(N)=O. The second kappa shape index (κ2) is 9.91. The predicted molar refractivity (Wildman–Crippen MR) is 130 cm³/mol. The van der Waals surface area contributed by atoms with E-state index in [4.69, 9.17) is 19.9 Å². The Morgan fingerprint density at radius 3 is 2.67 bits per heavy atom. The molecule has 0 radical (unpaired) electrons. The fraction of sp³-hybridized carbons (Fsp3) is 0.375. The summed E-state index contributed by atoms with van der Waals surface area (Å²) < 4.78 is 18.4. The van der Waals surface area contributed by atoms with Crippen LogP contribution in [0.2, 0.25) is 0 Å². The van der Waals surface area contributed by atoms with Gasteiger partial charge in [-0.1, -0.05) is 0 Å². The van der Waals surface area contributed by atoms with Crippen LogP contribution in [0.5, 0.6) is 5.75 Å². The first-order valence-corrected chi connectivity index (χ1v) is 11.5. The number of nitrogens with one attached hydrogen (secondary N) is 2. The molecule has 2 fully saturated rings. The van der Waals surface area contributed by atoms with E-state index in [-0.39, 0.29) is 29.5 Å². The van der Waals surface area contributed by atoms with E-state index in [2.05, 4.69) is 25.7 Å². The lowest BCUT2D eigenvalue weighted by Gasteiger charge is -2.16. The van der Waals surface area contributed by atoms with E-state index >= 15 is 0 Å². The second-order valence-electron chi connectivity index (χ2n) is 8.73. The number of primary amides is 1. The Hall–Kier alpha value is -4.03. The highest BCUT2D eigenvalue weighted by Gasteiger charge is 2.31. The summed E-state index contributed by atoms with van der Waals surface area (Å²) in [6.45, 7) is 1.06. The molecule has 1 aliphatic heterocycles. The number of hydrogen-bond acceptors (Lipinski definition) is 9. The first kappa shape index (κ1) is 23.7. The lowest BCUT2D eigenvalue weighted by Crippen LogP contribution is -2.24. The van der Waals surface area contributed by atoms with Gasteiger partial charge in [0.05, 0.1) is 37.8 Å². The minimum Gasteiger partial charge on any atom is -0.493 e. The number of amides is 2. The summed E-state index contributed by atoms with van der Waals surface area (Å²) in [6.07, 6.45) is 8.33. The molecule has 4 N–H and O–H groups in total. The van der Waals surface area contributed by atoms with E-state index in [0.717, 1.165) is 24.0 Å². The molecule has 1 saturated carbocycles. The molecule has 0 spiro atoms. The van der Waals surface area contributed by atoms with Crippen molar-refractivity contribution in [3.63, 3.8) is 0 Å². The van der Waals surface area contributed by atoms with E-state index < -0.39 is 5.91 Å². The molecule has 1 saturated heterocycles. The minimum absolute atomic E-state index is 0.00643. The van der Waals surface area contributed by atoms with E-state index in [1.54, 1.807) is 25.6 Å². The van der Waals surface area contributed by atoms with Gasteiger partial charge in [-0.25, -0.2) is 9.97 Å². The molecule has 2 atom stereocenters. The van der Waals surface area contributed by atoms with E-state index in [0.29, 0.717) is 36.3 Å². The van der Waals surface area contributed by atoms with Crippen LogP contribution in [0.25, 0.3) is 11.1 Å². The Balaban J connectivity index is 1.39. The zero-order chi connectivity index (χ0) is 25.2. The van der Waals surface area contributed by atoms with Gasteiger partial charge in [0.15, 0.2) is 11.6 Å². The standard InChI is InChI=1S/C24H27N7O5/c1-34-19-5-14(15-8-28-31(10-15)18-11-36-12-20(18)35-2)7-27-23(19)29-17-6-21(26-9-16(17)22(25)32)30-24(33)13-3-4-13/h5-10,13,18,20H,3-4,11-12H2,1-2H3,(H2,25,32)(H2,26,27,29,30,33)/t18-,20-/m1/s1. The van der Waals surface area contributed by atoms with Crippen molar-refractivity contribution in [3.05, 3.63) is 42.5 Å². The molecule has 5 rings (SSSR count). The Morgan fingerprint density at radius 1 is 1.11 bits per heavy atom. The second-order valence-corrected chi connectivity index (χ2v) is 8.73. The summed E-state index contributed by atoms with van der Waals surface area (Å²) in [7, 11) is 3.19. The third-order valence-electron chi connectivity index (χ3n) is 6.27. The molecule has 36 heavy (non-hydrogen) atoms. The average molecular weight is 494 g/mol. The Morgan fingerprint density at radius 2 is 1.94 bits per heavy atom. The van der Waals surface area contributed by atoms with Gasteiger partial charge in [0.2, 0.25) is 5.91 Å². The number of carbonyl (C=O) groups excluding carboxylic acids is 2. The van der Waals surface area contributed by atoms with Crippen molar-refractivity contribution in [2.45, 2.75) is 25.0 Å². The number of anilines is 3. The van der Waals surface area contributed by atoms with Crippen LogP contribution in [-0.4, -0.2) is 65.1 Å². The molecule has 0 unspecified atom stereocenters. The molecule has 2 amide bonds. The maximum absolute atomic E-state index is 12.1. The third kappa shape index (κ3) is 4.86. The smallest absolute Gasteiger partial charge is 0.252 e. The maximum Gasteiger partial charge on any atom is 0.252 e. The molecule has 2 aliphatic rings. The Bertz CT molecular complexity index is 1290. The summed E-state index contributed by atoms with van der Waals surface area (Å²) in [5.74, 6) is 0.368. The fourth-order valence-electron chi connectivity index (χ4n) is 4.04. The van der Waals surface area contributed by atoms with Gasteiger partial charge in [0, 0.05) is 48.8 Å². The van der Waals surface area contributed by atoms with Crippen LogP contribution >= 0.6 is 0 Å². The number of pyridine rings is 2. The van der Waals surface area contributed by atoms with Crippen LogP contribution < -0.4 is 21.1 Å². The third-order valence-corrected chi connectivity index (χ3v) is 6.27. The van der Waals surface area contributed by atoms with E-state index in [1.807, 2.05) is 16.9 Å². The molecule has 188 valence electrons. The van der Waals surface area contributed by atoms with Crippen molar-refractivity contribution in [2.24, 2.45) is 11.7 Å². The van der Waals surface area contributed by atoms with Crippen LogP contribution in [-0.2, 0) is 14.3 Å². The van der Waals surface area contributed by atoms with Crippen molar-refractivity contribution in [1.29, 1.82) is 0 Å². The number of hydrogen-bond donors (Lipinski definition) is 3. The lowest BCUT2D eigenvalue weighted by atomic mass is 10.1. The van der Waals surface area contributed by atoms with Gasteiger partial charge < -0.3 is 30.6 Å². The normalized spacial score (nSPS) is 19.2. The number of nitrogens with zero attached hydrogens (tertiary/aromatic N) is 4. The van der Waals surface area contributed by atoms with Crippen molar-refractivity contribution < 1.29 is 23.8 Å². The number of rotatable bonds is 9. The number of nitrogens with two attached hydrogens (primary N) is 1. The zero-order valence-electron chi connectivity index (χ0n) is 19.9. The lowest BCUT2D eigenvalue weighted by molar-refractivity contribution is -0.117. The van der Waals surface area contributed by atoms with Crippen molar-refractivity contribution in [2.75, 3.05) is 38.1 Å². The molecule has 12 nitrogen and oxygen atoms in total. The monoisotopic (exact) mass is 493 g/mol. The molecule has 1 aliphatic carbocycles. The summed E-state index contributed by atoms with van der Waals surface area (Å²) in [6, 6.07) is 3.36.